The van der Waals surface area contributed by atoms with Gasteiger partial charge in [-0.1, -0.05) is 13.0 Å². The average molecular weight is 200 g/mol. The minimum Gasteiger partial charge on any atom is -0.480 e. The van der Waals surface area contributed by atoms with E-state index in [0.29, 0.717) is 12.8 Å². The molecule has 0 aromatic carbocycles. The molecule has 0 heterocycles. The predicted molar refractivity (Wildman–Crippen MR) is 52.0 cm³/mol. The number of hydrogen-bond acceptors (Lipinski definition) is 2. The lowest BCUT2D eigenvalue weighted by atomic mass is 9.80. The Morgan fingerprint density at radius 2 is 1.86 bits per heavy atom. The Morgan fingerprint density at radius 3 is 2.14 bits per heavy atom. The highest BCUT2D eigenvalue weighted by atomic mass is 16.4. The van der Waals surface area contributed by atoms with Gasteiger partial charge in [-0.25, -0.2) is 0 Å². The van der Waals surface area contributed by atoms with Crippen molar-refractivity contribution in [2.24, 2.45) is 5.41 Å². The van der Waals surface area contributed by atoms with E-state index in [1.807, 2.05) is 0 Å². The van der Waals surface area contributed by atoms with Crippen molar-refractivity contribution in [2.45, 2.75) is 32.6 Å². The summed E-state index contributed by atoms with van der Waals surface area (Å²) in [5.74, 6) is -2.51. The molecule has 0 saturated heterocycles. The van der Waals surface area contributed by atoms with Crippen LogP contribution in [-0.4, -0.2) is 22.2 Å². The Bertz CT molecular complexity index is 218. The summed E-state index contributed by atoms with van der Waals surface area (Å²) in [5, 5.41) is 17.8. The largest absolute Gasteiger partial charge is 0.480 e. The van der Waals surface area contributed by atoms with Crippen molar-refractivity contribution in [3.63, 3.8) is 0 Å². The van der Waals surface area contributed by atoms with E-state index in [4.69, 9.17) is 10.2 Å². The Hall–Kier alpha value is -1.32. The maximum Gasteiger partial charge on any atom is 0.321 e. The van der Waals surface area contributed by atoms with Crippen LogP contribution in [0.3, 0.4) is 0 Å². The van der Waals surface area contributed by atoms with Crippen LogP contribution in [0.4, 0.5) is 0 Å². The van der Waals surface area contributed by atoms with Crippen molar-refractivity contribution in [3.8, 4) is 0 Å². The van der Waals surface area contributed by atoms with Gasteiger partial charge in [0.2, 0.25) is 0 Å². The molecule has 80 valence electrons. The molecule has 0 spiro atoms. The average Bonchev–Trinajstić information content (AvgIpc) is 2.11. The minimum absolute atomic E-state index is 0.106. The first-order chi connectivity index (χ1) is 6.51. The SMILES string of the molecule is C=CCCCC(CC)(C(=O)O)C(=O)O. The van der Waals surface area contributed by atoms with Gasteiger partial charge in [-0.15, -0.1) is 6.58 Å². The van der Waals surface area contributed by atoms with E-state index in [1.165, 1.54) is 0 Å². The molecule has 0 aromatic rings. The standard InChI is InChI=1S/C10H16O4/c1-3-5-6-7-10(4-2,8(11)12)9(13)14/h3H,1,4-7H2,2H3,(H,11,12)(H,13,14). The second-order valence-electron chi connectivity index (χ2n) is 3.23. The van der Waals surface area contributed by atoms with Gasteiger partial charge in [0.05, 0.1) is 0 Å². The molecule has 0 fully saturated rings. The molecule has 0 aliphatic heterocycles. The van der Waals surface area contributed by atoms with Gasteiger partial charge in [-0.3, -0.25) is 9.59 Å². The third-order valence-electron chi connectivity index (χ3n) is 2.43. The van der Waals surface area contributed by atoms with Crippen LogP contribution in [0.25, 0.3) is 0 Å². The molecule has 0 aliphatic carbocycles. The molecule has 0 radical (unpaired) electrons. The van der Waals surface area contributed by atoms with Crippen molar-refractivity contribution >= 4 is 11.9 Å². The molecule has 14 heavy (non-hydrogen) atoms. The first-order valence-corrected chi connectivity index (χ1v) is 4.59. The number of allylic oxidation sites excluding steroid dienone is 1. The summed E-state index contributed by atoms with van der Waals surface area (Å²) in [7, 11) is 0. The second-order valence-corrected chi connectivity index (χ2v) is 3.23. The first kappa shape index (κ1) is 12.7. The number of aliphatic carboxylic acids is 2. The topological polar surface area (TPSA) is 74.6 Å². The number of carbonyl (C=O) groups is 2. The van der Waals surface area contributed by atoms with Crippen molar-refractivity contribution in [2.75, 3.05) is 0 Å². The Kier molecular flexibility index (Phi) is 4.91. The number of hydrogen-bond donors (Lipinski definition) is 2. The van der Waals surface area contributed by atoms with Crippen molar-refractivity contribution < 1.29 is 19.8 Å². The fraction of sp³-hybridized carbons (Fsp3) is 0.600. The third-order valence-corrected chi connectivity index (χ3v) is 2.43. The molecular weight excluding hydrogens is 184 g/mol. The quantitative estimate of drug-likeness (QED) is 0.374. The fourth-order valence-corrected chi connectivity index (χ4v) is 1.33. The summed E-state index contributed by atoms with van der Waals surface area (Å²) in [4.78, 5) is 21.8. The summed E-state index contributed by atoms with van der Waals surface area (Å²) < 4.78 is 0. The summed E-state index contributed by atoms with van der Waals surface area (Å²) in [6.07, 6.45) is 3.09. The van der Waals surface area contributed by atoms with Gasteiger partial charge >= 0.3 is 11.9 Å². The summed E-state index contributed by atoms with van der Waals surface area (Å²) in [6, 6.07) is 0. The predicted octanol–water partition coefficient (Wildman–Crippen LogP) is 1.91. The van der Waals surface area contributed by atoms with E-state index >= 15 is 0 Å². The van der Waals surface area contributed by atoms with Crippen molar-refractivity contribution in [3.05, 3.63) is 12.7 Å². The van der Waals surface area contributed by atoms with Gasteiger partial charge in [0.15, 0.2) is 5.41 Å². The molecule has 4 nitrogen and oxygen atoms in total. The van der Waals surface area contributed by atoms with E-state index in [9.17, 15) is 9.59 Å². The van der Waals surface area contributed by atoms with E-state index in [-0.39, 0.29) is 12.8 Å². The van der Waals surface area contributed by atoms with Crippen molar-refractivity contribution in [1.29, 1.82) is 0 Å². The highest BCUT2D eigenvalue weighted by molar-refractivity contribution is 5.98. The number of rotatable bonds is 7. The maximum absolute atomic E-state index is 10.9. The van der Waals surface area contributed by atoms with E-state index in [2.05, 4.69) is 6.58 Å². The molecule has 0 unspecified atom stereocenters. The Labute approximate surface area is 83.2 Å². The number of unbranched alkanes of at least 4 members (excludes halogenated alkanes) is 1. The van der Waals surface area contributed by atoms with Gasteiger partial charge < -0.3 is 10.2 Å². The zero-order chi connectivity index (χ0) is 11.2. The van der Waals surface area contributed by atoms with Crippen LogP contribution < -0.4 is 0 Å². The zero-order valence-corrected chi connectivity index (χ0v) is 8.32. The van der Waals surface area contributed by atoms with Gasteiger partial charge in [-0.05, 0) is 25.7 Å². The van der Waals surface area contributed by atoms with Gasteiger partial charge in [0, 0.05) is 0 Å². The minimum atomic E-state index is -1.62. The molecule has 0 rings (SSSR count). The molecule has 4 heteroatoms. The van der Waals surface area contributed by atoms with Crippen LogP contribution in [0.5, 0.6) is 0 Å². The van der Waals surface area contributed by atoms with Crippen LogP contribution >= 0.6 is 0 Å². The van der Waals surface area contributed by atoms with Gasteiger partial charge in [0.25, 0.3) is 0 Å². The smallest absolute Gasteiger partial charge is 0.321 e. The summed E-state index contributed by atoms with van der Waals surface area (Å²) >= 11 is 0. The van der Waals surface area contributed by atoms with Gasteiger partial charge in [-0.2, -0.15) is 0 Å². The molecule has 0 saturated carbocycles. The Morgan fingerprint density at radius 1 is 1.36 bits per heavy atom. The first-order valence-electron chi connectivity index (χ1n) is 4.59. The third kappa shape index (κ3) is 2.58. The van der Waals surface area contributed by atoms with Crippen LogP contribution in [0.2, 0.25) is 0 Å². The summed E-state index contributed by atoms with van der Waals surface area (Å²) in [6.45, 7) is 5.08. The Balaban J connectivity index is 4.59. The highest BCUT2D eigenvalue weighted by Crippen LogP contribution is 2.29. The lowest BCUT2D eigenvalue weighted by Gasteiger charge is -2.22. The molecule has 0 aliphatic rings. The zero-order valence-electron chi connectivity index (χ0n) is 8.32. The van der Waals surface area contributed by atoms with E-state index < -0.39 is 17.4 Å². The highest BCUT2D eigenvalue weighted by Gasteiger charge is 2.43. The van der Waals surface area contributed by atoms with Crippen LogP contribution in [-0.2, 0) is 9.59 Å². The van der Waals surface area contributed by atoms with Gasteiger partial charge in [0.1, 0.15) is 0 Å². The van der Waals surface area contributed by atoms with E-state index in [0.717, 1.165) is 0 Å². The molecular formula is C10H16O4. The molecule has 0 aromatic heterocycles. The van der Waals surface area contributed by atoms with Crippen LogP contribution in [0, 0.1) is 5.41 Å². The normalized spacial score (nSPS) is 10.9. The maximum atomic E-state index is 10.9. The second kappa shape index (κ2) is 5.42. The van der Waals surface area contributed by atoms with Crippen LogP contribution in [0.1, 0.15) is 32.6 Å². The lowest BCUT2D eigenvalue weighted by molar-refractivity contribution is -0.165. The van der Waals surface area contributed by atoms with Crippen LogP contribution in [0.15, 0.2) is 12.7 Å². The molecule has 0 bridgehead atoms. The fourth-order valence-electron chi connectivity index (χ4n) is 1.33. The molecule has 0 amide bonds. The summed E-state index contributed by atoms with van der Waals surface area (Å²) in [5.41, 5.74) is -1.62. The van der Waals surface area contributed by atoms with E-state index in [1.54, 1.807) is 13.0 Å². The lowest BCUT2D eigenvalue weighted by Crippen LogP contribution is -2.38. The monoisotopic (exact) mass is 200 g/mol. The number of carboxylic acid groups (broad SMARTS) is 2. The van der Waals surface area contributed by atoms with Crippen molar-refractivity contribution in [1.82, 2.24) is 0 Å². The molecule has 2 N–H and O–H groups in total. The number of carboxylic acids is 2. The molecule has 0 atom stereocenters.